The highest BCUT2D eigenvalue weighted by Crippen LogP contribution is 2.26. The van der Waals surface area contributed by atoms with Crippen LogP contribution < -0.4 is 5.73 Å². The van der Waals surface area contributed by atoms with Gasteiger partial charge in [0.25, 0.3) is 5.91 Å². The van der Waals surface area contributed by atoms with Crippen molar-refractivity contribution in [3.63, 3.8) is 0 Å². The SMILES string of the molecule is CCCN(CC1CCCCC1)C(=O)[C@@H]1CC[C@H](CN)O1. The first-order valence-corrected chi connectivity index (χ1v) is 8.39. The van der Waals surface area contributed by atoms with Gasteiger partial charge in [-0.25, -0.2) is 0 Å². The van der Waals surface area contributed by atoms with Gasteiger partial charge in [-0.2, -0.15) is 0 Å². The van der Waals surface area contributed by atoms with Gasteiger partial charge in [0.2, 0.25) is 0 Å². The highest BCUT2D eigenvalue weighted by atomic mass is 16.5. The molecule has 116 valence electrons. The van der Waals surface area contributed by atoms with Crippen LogP contribution in [0.5, 0.6) is 0 Å². The Morgan fingerprint density at radius 1 is 1.20 bits per heavy atom. The van der Waals surface area contributed by atoms with Gasteiger partial charge in [0.05, 0.1) is 6.10 Å². The lowest BCUT2D eigenvalue weighted by Crippen LogP contribution is -2.43. The molecule has 4 nitrogen and oxygen atoms in total. The molecule has 0 bridgehead atoms. The van der Waals surface area contributed by atoms with Gasteiger partial charge in [-0.15, -0.1) is 0 Å². The normalized spacial score (nSPS) is 27.7. The van der Waals surface area contributed by atoms with E-state index in [2.05, 4.69) is 11.8 Å². The molecule has 2 aliphatic rings. The predicted molar refractivity (Wildman–Crippen MR) is 80.4 cm³/mol. The Bertz CT molecular complexity index is 303. The zero-order valence-electron chi connectivity index (χ0n) is 12.9. The largest absolute Gasteiger partial charge is 0.364 e. The fourth-order valence-electron chi connectivity index (χ4n) is 3.51. The molecule has 2 fully saturated rings. The summed E-state index contributed by atoms with van der Waals surface area (Å²) in [6, 6.07) is 0. The number of ether oxygens (including phenoxy) is 1. The van der Waals surface area contributed by atoms with E-state index in [1.54, 1.807) is 0 Å². The summed E-state index contributed by atoms with van der Waals surface area (Å²) < 4.78 is 5.77. The summed E-state index contributed by atoms with van der Waals surface area (Å²) in [5, 5.41) is 0. The van der Waals surface area contributed by atoms with Crippen molar-refractivity contribution in [2.45, 2.75) is 70.5 Å². The number of nitrogens with zero attached hydrogens (tertiary/aromatic N) is 1. The van der Waals surface area contributed by atoms with Crippen LogP contribution in [0.15, 0.2) is 0 Å². The Morgan fingerprint density at radius 2 is 1.95 bits per heavy atom. The molecule has 0 aromatic rings. The van der Waals surface area contributed by atoms with Gasteiger partial charge in [0.15, 0.2) is 0 Å². The van der Waals surface area contributed by atoms with Crippen molar-refractivity contribution < 1.29 is 9.53 Å². The number of hydrogen-bond acceptors (Lipinski definition) is 3. The van der Waals surface area contributed by atoms with Crippen molar-refractivity contribution in [2.75, 3.05) is 19.6 Å². The standard InChI is InChI=1S/C16H30N2O2/c1-2-10-18(12-13-6-4-3-5-7-13)16(19)15-9-8-14(11-17)20-15/h13-15H,2-12,17H2,1H3/t14-,15+/m1/s1. The monoisotopic (exact) mass is 282 g/mol. The second-order valence-electron chi connectivity index (χ2n) is 6.35. The third-order valence-corrected chi connectivity index (χ3v) is 4.65. The summed E-state index contributed by atoms with van der Waals surface area (Å²) in [4.78, 5) is 14.7. The maximum atomic E-state index is 12.6. The molecule has 2 atom stereocenters. The van der Waals surface area contributed by atoms with E-state index in [4.69, 9.17) is 10.5 Å². The molecule has 0 radical (unpaired) electrons. The molecule has 1 saturated carbocycles. The van der Waals surface area contributed by atoms with Crippen LogP contribution in [0.1, 0.15) is 58.3 Å². The van der Waals surface area contributed by atoms with Crippen LogP contribution in [-0.4, -0.2) is 42.6 Å². The zero-order valence-corrected chi connectivity index (χ0v) is 12.9. The minimum atomic E-state index is -0.237. The molecule has 0 aromatic carbocycles. The number of carbonyl (C=O) groups excluding carboxylic acids is 1. The molecule has 2 N–H and O–H groups in total. The van der Waals surface area contributed by atoms with Gasteiger partial charge < -0.3 is 15.4 Å². The minimum absolute atomic E-state index is 0.0853. The van der Waals surface area contributed by atoms with Crippen LogP contribution >= 0.6 is 0 Å². The van der Waals surface area contributed by atoms with Gasteiger partial charge in [-0.05, 0) is 38.0 Å². The van der Waals surface area contributed by atoms with E-state index >= 15 is 0 Å². The maximum absolute atomic E-state index is 12.6. The molecular formula is C16H30N2O2. The minimum Gasteiger partial charge on any atom is -0.364 e. The Kier molecular flexibility index (Phi) is 6.30. The lowest BCUT2D eigenvalue weighted by atomic mass is 9.89. The smallest absolute Gasteiger partial charge is 0.251 e. The fraction of sp³-hybridized carbons (Fsp3) is 0.938. The average molecular weight is 282 g/mol. The van der Waals surface area contributed by atoms with Gasteiger partial charge in [0.1, 0.15) is 6.10 Å². The first kappa shape index (κ1) is 15.8. The Hall–Kier alpha value is -0.610. The van der Waals surface area contributed by atoms with Crippen molar-refractivity contribution in [3.8, 4) is 0 Å². The molecule has 1 aliphatic carbocycles. The zero-order chi connectivity index (χ0) is 14.4. The quantitative estimate of drug-likeness (QED) is 0.813. The Balaban J connectivity index is 1.87. The van der Waals surface area contributed by atoms with Crippen LogP contribution in [0.4, 0.5) is 0 Å². The lowest BCUT2D eigenvalue weighted by molar-refractivity contribution is -0.143. The van der Waals surface area contributed by atoms with Gasteiger partial charge in [-0.1, -0.05) is 26.2 Å². The first-order valence-electron chi connectivity index (χ1n) is 8.39. The molecule has 1 heterocycles. The van der Waals surface area contributed by atoms with E-state index in [0.717, 1.165) is 32.4 Å². The molecule has 4 heteroatoms. The van der Waals surface area contributed by atoms with Crippen molar-refractivity contribution >= 4 is 5.91 Å². The van der Waals surface area contributed by atoms with Gasteiger partial charge in [-0.3, -0.25) is 4.79 Å². The van der Waals surface area contributed by atoms with Gasteiger partial charge in [0, 0.05) is 19.6 Å². The van der Waals surface area contributed by atoms with Crippen LogP contribution in [0.25, 0.3) is 0 Å². The summed E-state index contributed by atoms with van der Waals surface area (Å²) >= 11 is 0. The maximum Gasteiger partial charge on any atom is 0.251 e. The predicted octanol–water partition coefficient (Wildman–Crippen LogP) is 2.31. The molecule has 20 heavy (non-hydrogen) atoms. The van der Waals surface area contributed by atoms with E-state index in [1.165, 1.54) is 32.1 Å². The summed E-state index contributed by atoms with van der Waals surface area (Å²) in [5.74, 6) is 0.902. The second kappa shape index (κ2) is 7.99. The molecule has 0 spiro atoms. The number of carbonyl (C=O) groups is 1. The van der Waals surface area contributed by atoms with E-state index in [1.807, 2.05) is 0 Å². The Morgan fingerprint density at radius 3 is 2.55 bits per heavy atom. The third kappa shape index (κ3) is 4.19. The second-order valence-corrected chi connectivity index (χ2v) is 6.35. The van der Waals surface area contributed by atoms with E-state index < -0.39 is 0 Å². The van der Waals surface area contributed by atoms with Crippen LogP contribution in [0.3, 0.4) is 0 Å². The molecule has 0 aromatic heterocycles. The number of rotatable bonds is 6. The highest BCUT2D eigenvalue weighted by Gasteiger charge is 2.33. The summed E-state index contributed by atoms with van der Waals surface area (Å²) in [7, 11) is 0. The first-order chi connectivity index (χ1) is 9.74. The van der Waals surface area contributed by atoms with E-state index in [-0.39, 0.29) is 18.1 Å². The van der Waals surface area contributed by atoms with Crippen molar-refractivity contribution in [2.24, 2.45) is 11.7 Å². The fourth-order valence-corrected chi connectivity index (χ4v) is 3.51. The molecule has 1 amide bonds. The molecule has 2 rings (SSSR count). The van der Waals surface area contributed by atoms with Crippen molar-refractivity contribution in [1.29, 1.82) is 0 Å². The van der Waals surface area contributed by atoms with Crippen molar-refractivity contribution in [1.82, 2.24) is 4.90 Å². The molecular weight excluding hydrogens is 252 g/mol. The number of amides is 1. The van der Waals surface area contributed by atoms with Crippen LogP contribution in [-0.2, 0) is 9.53 Å². The molecule has 0 unspecified atom stereocenters. The van der Waals surface area contributed by atoms with Crippen LogP contribution in [0, 0.1) is 5.92 Å². The summed E-state index contributed by atoms with van der Waals surface area (Å²) in [5.41, 5.74) is 5.63. The van der Waals surface area contributed by atoms with Crippen LogP contribution in [0.2, 0.25) is 0 Å². The van der Waals surface area contributed by atoms with Crippen molar-refractivity contribution in [3.05, 3.63) is 0 Å². The Labute approximate surface area is 123 Å². The van der Waals surface area contributed by atoms with E-state index in [0.29, 0.717) is 12.5 Å². The lowest BCUT2D eigenvalue weighted by Gasteiger charge is -2.31. The summed E-state index contributed by atoms with van der Waals surface area (Å²) in [6.07, 6.45) is 9.22. The van der Waals surface area contributed by atoms with Gasteiger partial charge >= 0.3 is 0 Å². The third-order valence-electron chi connectivity index (χ3n) is 4.65. The number of hydrogen-bond donors (Lipinski definition) is 1. The molecule has 1 saturated heterocycles. The summed E-state index contributed by atoms with van der Waals surface area (Å²) in [6.45, 7) is 4.46. The highest BCUT2D eigenvalue weighted by molar-refractivity contribution is 5.81. The number of nitrogens with two attached hydrogens (primary N) is 1. The average Bonchev–Trinajstić information content (AvgIpc) is 2.96. The molecule has 1 aliphatic heterocycles. The van der Waals surface area contributed by atoms with E-state index in [9.17, 15) is 4.79 Å². The topological polar surface area (TPSA) is 55.6 Å².